The lowest BCUT2D eigenvalue weighted by Crippen LogP contribution is -2.12. The number of methoxy groups -OCH3 is 1. The minimum atomic E-state index is 0.407. The van der Waals surface area contributed by atoms with Crippen LogP contribution in [-0.2, 0) is 0 Å². The number of rotatable bonds is 5. The van der Waals surface area contributed by atoms with Crippen LogP contribution in [0.15, 0.2) is 36.4 Å². The quantitative estimate of drug-likeness (QED) is 0.756. The van der Waals surface area contributed by atoms with Gasteiger partial charge in [0.25, 0.3) is 0 Å². The van der Waals surface area contributed by atoms with E-state index in [1.165, 1.54) is 0 Å². The molecule has 7 nitrogen and oxygen atoms in total. The molecule has 0 radical (unpaired) electrons. The summed E-state index contributed by atoms with van der Waals surface area (Å²) in [6.45, 7) is 0.839. The number of ether oxygens (including phenoxy) is 2. The molecule has 0 aliphatic rings. The van der Waals surface area contributed by atoms with Gasteiger partial charge in [0.05, 0.1) is 12.7 Å². The van der Waals surface area contributed by atoms with Crippen LogP contribution in [0.25, 0.3) is 17.0 Å². The topological polar surface area (TPSA) is 87.6 Å². The van der Waals surface area contributed by atoms with Crippen molar-refractivity contribution in [2.75, 3.05) is 20.3 Å². The average molecular weight is 285 g/mol. The predicted molar refractivity (Wildman–Crippen MR) is 77.3 cm³/mol. The maximum absolute atomic E-state index is 5.44. The predicted octanol–water partition coefficient (Wildman–Crippen LogP) is 1.14. The van der Waals surface area contributed by atoms with E-state index < -0.39 is 0 Å². The molecule has 0 atom stereocenters. The lowest BCUT2D eigenvalue weighted by molar-refractivity contribution is 0.310. The fraction of sp³-hybridized carbons (Fsp3) is 0.214. The van der Waals surface area contributed by atoms with Crippen molar-refractivity contribution in [2.24, 2.45) is 5.73 Å². The molecule has 3 rings (SSSR count). The van der Waals surface area contributed by atoms with Crippen LogP contribution < -0.4 is 15.2 Å². The summed E-state index contributed by atoms with van der Waals surface area (Å²) in [6.07, 6.45) is 0. The molecular formula is C14H15N5O2. The van der Waals surface area contributed by atoms with Gasteiger partial charge in [-0.1, -0.05) is 12.1 Å². The summed E-state index contributed by atoms with van der Waals surface area (Å²) in [5, 5.41) is 12.7. The zero-order valence-electron chi connectivity index (χ0n) is 11.6. The van der Waals surface area contributed by atoms with Crippen LogP contribution in [-0.4, -0.2) is 40.1 Å². The van der Waals surface area contributed by atoms with Gasteiger partial charge in [0.2, 0.25) is 5.88 Å². The third kappa shape index (κ3) is 2.50. The van der Waals surface area contributed by atoms with Gasteiger partial charge in [-0.25, -0.2) is 0 Å². The summed E-state index contributed by atoms with van der Waals surface area (Å²) in [5.74, 6) is 1.78. The molecule has 2 N–H and O–H groups in total. The molecule has 21 heavy (non-hydrogen) atoms. The molecule has 0 bridgehead atoms. The Kier molecular flexibility index (Phi) is 3.65. The number of hydrogen-bond donors (Lipinski definition) is 1. The number of fused-ring (bicyclic) bond motifs is 1. The van der Waals surface area contributed by atoms with Crippen molar-refractivity contribution in [3.05, 3.63) is 36.4 Å². The summed E-state index contributed by atoms with van der Waals surface area (Å²) < 4.78 is 12.4. The van der Waals surface area contributed by atoms with Crippen molar-refractivity contribution in [1.82, 2.24) is 19.8 Å². The Hall–Kier alpha value is -2.67. The maximum atomic E-state index is 5.44. The molecule has 7 heteroatoms. The third-order valence-electron chi connectivity index (χ3n) is 2.95. The number of hydrogen-bond acceptors (Lipinski definition) is 6. The van der Waals surface area contributed by atoms with E-state index in [9.17, 15) is 0 Å². The maximum Gasteiger partial charge on any atom is 0.231 e. The Labute approximate surface area is 121 Å². The lowest BCUT2D eigenvalue weighted by Gasteiger charge is -2.07. The molecule has 2 aromatic heterocycles. The van der Waals surface area contributed by atoms with Gasteiger partial charge in [0, 0.05) is 12.6 Å². The molecule has 0 aliphatic heterocycles. The van der Waals surface area contributed by atoms with Crippen LogP contribution in [0.2, 0.25) is 0 Å². The van der Waals surface area contributed by atoms with Crippen LogP contribution in [0, 0.1) is 0 Å². The van der Waals surface area contributed by atoms with E-state index >= 15 is 0 Å². The van der Waals surface area contributed by atoms with E-state index in [1.54, 1.807) is 23.8 Å². The summed E-state index contributed by atoms with van der Waals surface area (Å²) in [7, 11) is 1.62. The second kappa shape index (κ2) is 5.76. The minimum Gasteiger partial charge on any atom is -0.496 e. The Morgan fingerprint density at radius 2 is 2.00 bits per heavy atom. The molecule has 0 amide bonds. The normalized spacial score (nSPS) is 10.8. The second-order valence-corrected chi connectivity index (χ2v) is 4.30. The number of nitrogens with two attached hydrogens (primary N) is 1. The first-order valence-electron chi connectivity index (χ1n) is 6.52. The summed E-state index contributed by atoms with van der Waals surface area (Å²) in [4.78, 5) is 0. The monoisotopic (exact) mass is 285 g/mol. The van der Waals surface area contributed by atoms with Crippen molar-refractivity contribution in [3.63, 3.8) is 0 Å². The number of para-hydroxylation sites is 1. The van der Waals surface area contributed by atoms with Gasteiger partial charge >= 0.3 is 0 Å². The van der Waals surface area contributed by atoms with Crippen molar-refractivity contribution in [1.29, 1.82) is 0 Å². The molecule has 1 aromatic carbocycles. The van der Waals surface area contributed by atoms with Crippen molar-refractivity contribution < 1.29 is 9.47 Å². The van der Waals surface area contributed by atoms with Gasteiger partial charge in [-0.2, -0.15) is 4.52 Å². The first-order chi connectivity index (χ1) is 10.3. The van der Waals surface area contributed by atoms with Crippen LogP contribution in [0.4, 0.5) is 0 Å². The minimum absolute atomic E-state index is 0.407. The van der Waals surface area contributed by atoms with Crippen LogP contribution in [0.1, 0.15) is 0 Å². The zero-order valence-corrected chi connectivity index (χ0v) is 11.6. The van der Waals surface area contributed by atoms with E-state index in [4.69, 9.17) is 15.2 Å². The van der Waals surface area contributed by atoms with Crippen LogP contribution >= 0.6 is 0 Å². The first-order valence-corrected chi connectivity index (χ1v) is 6.52. The average Bonchev–Trinajstić information content (AvgIpc) is 2.95. The number of aromatic nitrogens is 4. The molecule has 108 valence electrons. The fourth-order valence-electron chi connectivity index (χ4n) is 2.01. The van der Waals surface area contributed by atoms with Gasteiger partial charge < -0.3 is 15.2 Å². The van der Waals surface area contributed by atoms with Gasteiger partial charge in [0.1, 0.15) is 12.4 Å². The molecule has 0 saturated carbocycles. The van der Waals surface area contributed by atoms with Crippen molar-refractivity contribution >= 4 is 5.65 Å². The Morgan fingerprint density at radius 3 is 2.81 bits per heavy atom. The van der Waals surface area contributed by atoms with E-state index in [1.807, 2.05) is 24.3 Å². The molecule has 0 fully saturated rings. The lowest BCUT2D eigenvalue weighted by atomic mass is 10.2. The van der Waals surface area contributed by atoms with Crippen LogP contribution in [0.5, 0.6) is 11.6 Å². The highest BCUT2D eigenvalue weighted by Crippen LogP contribution is 2.28. The smallest absolute Gasteiger partial charge is 0.231 e. The molecule has 3 aromatic rings. The van der Waals surface area contributed by atoms with Gasteiger partial charge in [-0.05, 0) is 18.2 Å². The summed E-state index contributed by atoms with van der Waals surface area (Å²) >= 11 is 0. The third-order valence-corrected chi connectivity index (χ3v) is 2.95. The molecule has 2 heterocycles. The van der Waals surface area contributed by atoms with E-state index in [0.717, 1.165) is 5.56 Å². The number of benzene rings is 1. The van der Waals surface area contributed by atoms with E-state index in [-0.39, 0.29) is 0 Å². The molecule has 0 saturated heterocycles. The van der Waals surface area contributed by atoms with E-state index in [0.29, 0.717) is 36.3 Å². The SMILES string of the molecule is COc1ccccc1-c1nnc2ccc(OCCN)nn12. The highest BCUT2D eigenvalue weighted by Gasteiger charge is 2.14. The Balaban J connectivity index is 2.10. The Bertz CT molecular complexity index is 756. The largest absolute Gasteiger partial charge is 0.496 e. The molecule has 0 aliphatic carbocycles. The van der Waals surface area contributed by atoms with Gasteiger partial charge in [-0.3, -0.25) is 0 Å². The van der Waals surface area contributed by atoms with Crippen molar-refractivity contribution in [2.45, 2.75) is 0 Å². The van der Waals surface area contributed by atoms with Crippen molar-refractivity contribution in [3.8, 4) is 23.0 Å². The van der Waals surface area contributed by atoms with Crippen LogP contribution in [0.3, 0.4) is 0 Å². The number of nitrogens with zero attached hydrogens (tertiary/aromatic N) is 4. The standard InChI is InChI=1S/C14H15N5O2/c1-20-11-5-3-2-4-10(11)14-17-16-12-6-7-13(18-19(12)14)21-9-8-15/h2-7H,8-9,15H2,1H3. The van der Waals surface area contributed by atoms with Gasteiger partial charge in [0.15, 0.2) is 11.5 Å². The zero-order chi connectivity index (χ0) is 14.7. The summed E-state index contributed by atoms with van der Waals surface area (Å²) in [6, 6.07) is 11.1. The molecular weight excluding hydrogens is 270 g/mol. The highest BCUT2D eigenvalue weighted by molar-refractivity contribution is 5.66. The second-order valence-electron chi connectivity index (χ2n) is 4.30. The first kappa shape index (κ1) is 13.3. The van der Waals surface area contributed by atoms with E-state index in [2.05, 4.69) is 15.3 Å². The molecule has 0 unspecified atom stereocenters. The highest BCUT2D eigenvalue weighted by atomic mass is 16.5. The Morgan fingerprint density at radius 1 is 1.14 bits per heavy atom. The summed E-state index contributed by atoms with van der Waals surface area (Å²) in [5.41, 5.74) is 6.88. The fourth-order valence-corrected chi connectivity index (χ4v) is 2.01. The van der Waals surface area contributed by atoms with Gasteiger partial charge in [-0.15, -0.1) is 15.3 Å². The molecule has 0 spiro atoms.